The van der Waals surface area contributed by atoms with Crippen LogP contribution in [-0.4, -0.2) is 23.1 Å². The van der Waals surface area contributed by atoms with E-state index in [0.29, 0.717) is 23.2 Å². The average Bonchev–Trinajstić information content (AvgIpc) is 3.15. The van der Waals surface area contributed by atoms with Crippen LogP contribution >= 0.6 is 23.2 Å². The van der Waals surface area contributed by atoms with Gasteiger partial charge in [-0.25, -0.2) is 0 Å². The topological polar surface area (TPSA) is 61.4 Å². The van der Waals surface area contributed by atoms with E-state index in [1.165, 1.54) is 6.07 Å². The molecule has 0 aliphatic heterocycles. The molecule has 1 unspecified atom stereocenters. The molecule has 1 saturated carbocycles. The number of carbonyl (C=O) groups is 1. The van der Waals surface area contributed by atoms with Crippen LogP contribution in [0.1, 0.15) is 25.3 Å². The molecular formula is C13H16Cl2N2O2. The van der Waals surface area contributed by atoms with Crippen LogP contribution in [-0.2, 0) is 11.3 Å². The van der Waals surface area contributed by atoms with Gasteiger partial charge in [-0.05, 0) is 31.9 Å². The van der Waals surface area contributed by atoms with Gasteiger partial charge in [0.2, 0.25) is 5.91 Å². The molecule has 19 heavy (non-hydrogen) atoms. The molecule has 1 aromatic carbocycles. The number of hydrogen-bond acceptors (Lipinski definition) is 3. The number of rotatable bonds is 5. The summed E-state index contributed by atoms with van der Waals surface area (Å²) in [4.78, 5) is 11.7. The molecule has 0 aromatic heterocycles. The summed E-state index contributed by atoms with van der Waals surface area (Å²) in [5.41, 5.74) is 0.573. The fraction of sp³-hybridized carbons (Fsp3) is 0.462. The zero-order valence-corrected chi connectivity index (χ0v) is 12.1. The second-order valence-corrected chi connectivity index (χ2v) is 5.62. The molecule has 0 radical (unpaired) electrons. The third kappa shape index (κ3) is 4.00. The Balaban J connectivity index is 1.92. The standard InChI is InChI=1S/C13H16Cl2N2O2/c1-7(13(19)17-10-2-3-10)16-6-8-4-9(14)5-11(15)12(8)18/h4-5,7,10,16,18H,2-3,6H2,1H3,(H,17,19). The fourth-order valence-electron chi connectivity index (χ4n) is 1.66. The summed E-state index contributed by atoms with van der Waals surface area (Å²) < 4.78 is 0. The molecule has 1 aliphatic rings. The quantitative estimate of drug-likeness (QED) is 0.783. The SMILES string of the molecule is CC(NCc1cc(Cl)cc(Cl)c1O)C(=O)NC1CC1. The van der Waals surface area contributed by atoms with E-state index in [1.54, 1.807) is 13.0 Å². The van der Waals surface area contributed by atoms with Crippen LogP contribution in [0.5, 0.6) is 5.75 Å². The molecule has 1 aromatic rings. The first-order chi connectivity index (χ1) is 8.97. The number of halogens is 2. The molecule has 0 saturated heterocycles. The summed E-state index contributed by atoms with van der Waals surface area (Å²) in [5, 5.41) is 16.4. The summed E-state index contributed by atoms with van der Waals surface area (Å²) in [6, 6.07) is 3.11. The van der Waals surface area contributed by atoms with Gasteiger partial charge >= 0.3 is 0 Å². The molecule has 1 amide bonds. The van der Waals surface area contributed by atoms with E-state index in [-0.39, 0.29) is 22.7 Å². The number of carbonyl (C=O) groups excluding carboxylic acids is 1. The minimum atomic E-state index is -0.335. The van der Waals surface area contributed by atoms with E-state index in [4.69, 9.17) is 23.2 Å². The summed E-state index contributed by atoms with van der Waals surface area (Å²) in [5.74, 6) is -0.0384. The van der Waals surface area contributed by atoms with E-state index in [1.807, 2.05) is 0 Å². The van der Waals surface area contributed by atoms with Gasteiger partial charge in [-0.1, -0.05) is 23.2 Å². The predicted molar refractivity (Wildman–Crippen MR) is 75.6 cm³/mol. The first-order valence-electron chi connectivity index (χ1n) is 6.18. The highest BCUT2D eigenvalue weighted by molar-refractivity contribution is 6.35. The van der Waals surface area contributed by atoms with Crippen LogP contribution < -0.4 is 10.6 Å². The highest BCUT2D eigenvalue weighted by Crippen LogP contribution is 2.31. The minimum absolute atomic E-state index is 0.00614. The van der Waals surface area contributed by atoms with Crippen molar-refractivity contribution in [2.45, 2.75) is 38.4 Å². The number of phenols is 1. The molecule has 104 valence electrons. The van der Waals surface area contributed by atoms with Crippen LogP contribution in [0.15, 0.2) is 12.1 Å². The minimum Gasteiger partial charge on any atom is -0.506 e. The zero-order valence-electron chi connectivity index (χ0n) is 10.5. The van der Waals surface area contributed by atoms with Crippen molar-refractivity contribution >= 4 is 29.1 Å². The van der Waals surface area contributed by atoms with Gasteiger partial charge in [0.05, 0.1) is 11.1 Å². The predicted octanol–water partition coefficient (Wildman–Crippen LogP) is 2.46. The van der Waals surface area contributed by atoms with Crippen molar-refractivity contribution in [1.82, 2.24) is 10.6 Å². The highest BCUT2D eigenvalue weighted by atomic mass is 35.5. The molecule has 6 heteroatoms. The number of hydrogen-bond donors (Lipinski definition) is 3. The summed E-state index contributed by atoms with van der Waals surface area (Å²) in [6.07, 6.45) is 2.12. The van der Waals surface area contributed by atoms with Gasteiger partial charge < -0.3 is 15.7 Å². The van der Waals surface area contributed by atoms with Gasteiger partial charge in [-0.3, -0.25) is 4.79 Å². The number of amides is 1. The van der Waals surface area contributed by atoms with Gasteiger partial charge in [0.1, 0.15) is 5.75 Å². The fourth-order valence-corrected chi connectivity index (χ4v) is 2.20. The van der Waals surface area contributed by atoms with Crippen LogP contribution in [0.4, 0.5) is 0 Å². The Labute approximate surface area is 122 Å². The lowest BCUT2D eigenvalue weighted by Gasteiger charge is -2.15. The zero-order chi connectivity index (χ0) is 14.0. The van der Waals surface area contributed by atoms with Gasteiger partial charge in [0.15, 0.2) is 0 Å². The Morgan fingerprint density at radius 3 is 2.79 bits per heavy atom. The molecular weight excluding hydrogens is 287 g/mol. The molecule has 1 aliphatic carbocycles. The third-order valence-corrected chi connectivity index (χ3v) is 3.53. The first-order valence-corrected chi connectivity index (χ1v) is 6.93. The Morgan fingerprint density at radius 1 is 1.47 bits per heavy atom. The monoisotopic (exact) mass is 302 g/mol. The van der Waals surface area contributed by atoms with Crippen LogP contribution in [0, 0.1) is 0 Å². The largest absolute Gasteiger partial charge is 0.506 e. The van der Waals surface area contributed by atoms with E-state index < -0.39 is 0 Å². The van der Waals surface area contributed by atoms with Crippen LogP contribution in [0.3, 0.4) is 0 Å². The van der Waals surface area contributed by atoms with Crippen molar-refractivity contribution < 1.29 is 9.90 Å². The summed E-state index contributed by atoms with van der Waals surface area (Å²) in [6.45, 7) is 2.10. The Morgan fingerprint density at radius 2 is 2.16 bits per heavy atom. The number of benzene rings is 1. The molecule has 0 spiro atoms. The highest BCUT2D eigenvalue weighted by Gasteiger charge is 2.25. The maximum absolute atomic E-state index is 11.7. The second-order valence-electron chi connectivity index (χ2n) is 4.78. The Kier molecular flexibility index (Phi) is 4.55. The molecule has 0 heterocycles. The normalized spacial score (nSPS) is 16.2. The van der Waals surface area contributed by atoms with Gasteiger partial charge in [0, 0.05) is 23.2 Å². The molecule has 2 rings (SSSR count). The molecule has 3 N–H and O–H groups in total. The van der Waals surface area contributed by atoms with E-state index in [2.05, 4.69) is 10.6 Å². The van der Waals surface area contributed by atoms with E-state index in [0.717, 1.165) is 12.8 Å². The van der Waals surface area contributed by atoms with Crippen molar-refractivity contribution in [3.05, 3.63) is 27.7 Å². The second kappa shape index (κ2) is 5.99. The van der Waals surface area contributed by atoms with Crippen molar-refractivity contribution in [1.29, 1.82) is 0 Å². The van der Waals surface area contributed by atoms with Crippen LogP contribution in [0.2, 0.25) is 10.0 Å². The molecule has 4 nitrogen and oxygen atoms in total. The lowest BCUT2D eigenvalue weighted by Crippen LogP contribution is -2.42. The van der Waals surface area contributed by atoms with Crippen molar-refractivity contribution in [2.24, 2.45) is 0 Å². The molecule has 1 atom stereocenters. The van der Waals surface area contributed by atoms with Crippen molar-refractivity contribution in [3.63, 3.8) is 0 Å². The average molecular weight is 303 g/mol. The number of phenolic OH excluding ortho intramolecular Hbond substituents is 1. The van der Waals surface area contributed by atoms with Crippen molar-refractivity contribution in [2.75, 3.05) is 0 Å². The number of nitrogens with one attached hydrogen (secondary N) is 2. The lowest BCUT2D eigenvalue weighted by molar-refractivity contribution is -0.122. The smallest absolute Gasteiger partial charge is 0.237 e. The first kappa shape index (κ1) is 14.4. The summed E-state index contributed by atoms with van der Waals surface area (Å²) >= 11 is 11.7. The summed E-state index contributed by atoms with van der Waals surface area (Å²) in [7, 11) is 0. The third-order valence-electron chi connectivity index (χ3n) is 3.02. The maximum atomic E-state index is 11.7. The Hall–Kier alpha value is -0.970. The maximum Gasteiger partial charge on any atom is 0.237 e. The molecule has 0 bridgehead atoms. The van der Waals surface area contributed by atoms with E-state index >= 15 is 0 Å². The Bertz CT molecular complexity index is 490. The lowest BCUT2D eigenvalue weighted by atomic mass is 10.2. The van der Waals surface area contributed by atoms with Gasteiger partial charge in [-0.2, -0.15) is 0 Å². The van der Waals surface area contributed by atoms with Gasteiger partial charge in [0.25, 0.3) is 0 Å². The van der Waals surface area contributed by atoms with Gasteiger partial charge in [-0.15, -0.1) is 0 Å². The van der Waals surface area contributed by atoms with E-state index in [9.17, 15) is 9.90 Å². The molecule has 1 fully saturated rings. The number of aromatic hydroxyl groups is 1. The van der Waals surface area contributed by atoms with Crippen molar-refractivity contribution in [3.8, 4) is 5.75 Å². The van der Waals surface area contributed by atoms with Crippen LogP contribution in [0.25, 0.3) is 0 Å².